The van der Waals surface area contributed by atoms with Crippen LogP contribution in [0.15, 0.2) is 30.9 Å². The lowest BCUT2D eigenvalue weighted by Crippen LogP contribution is -1.85. The molecule has 0 amide bonds. The van der Waals surface area contributed by atoms with Gasteiger partial charge in [0.1, 0.15) is 0 Å². The normalized spacial score (nSPS) is 10.6. The van der Waals surface area contributed by atoms with Crippen LogP contribution in [-0.4, -0.2) is 9.38 Å². The predicted octanol–water partition coefficient (Wildman–Crippen LogP) is 2.07. The molecule has 2 rings (SSSR count). The summed E-state index contributed by atoms with van der Waals surface area (Å²) in [5, 5.41) is 0. The summed E-state index contributed by atoms with van der Waals surface area (Å²) < 4.78 is 1.96. The molecule has 11 heavy (non-hydrogen) atoms. The Morgan fingerprint density at radius 2 is 2.45 bits per heavy atom. The molecule has 0 unspecified atom stereocenters. The van der Waals surface area contributed by atoms with Gasteiger partial charge in [0.15, 0.2) is 0 Å². The maximum absolute atomic E-state index is 5.72. The number of fused-ring (bicyclic) bond motifs is 1. The quantitative estimate of drug-likeness (QED) is 0.593. The number of imidazole rings is 1. The Labute approximate surface area is 69.4 Å². The van der Waals surface area contributed by atoms with Crippen molar-refractivity contribution < 1.29 is 0 Å². The standard InChI is InChI=1S/C8H7ClN2/c9-4-7-2-1-3-11-6-10-5-8(7)11/h1-3,5-6H,4H2. The van der Waals surface area contributed by atoms with Crippen LogP contribution >= 0.6 is 11.6 Å². The Morgan fingerprint density at radius 3 is 3.27 bits per heavy atom. The summed E-state index contributed by atoms with van der Waals surface area (Å²) in [6.07, 6.45) is 5.54. The topological polar surface area (TPSA) is 17.3 Å². The van der Waals surface area contributed by atoms with Gasteiger partial charge in [-0.05, 0) is 11.6 Å². The van der Waals surface area contributed by atoms with Crippen LogP contribution in [0.4, 0.5) is 0 Å². The number of alkyl halides is 1. The van der Waals surface area contributed by atoms with Crippen molar-refractivity contribution >= 4 is 17.1 Å². The molecule has 56 valence electrons. The van der Waals surface area contributed by atoms with Gasteiger partial charge in [-0.1, -0.05) is 6.07 Å². The molecule has 2 aromatic rings. The minimum absolute atomic E-state index is 0.538. The van der Waals surface area contributed by atoms with E-state index in [1.807, 2.05) is 28.9 Å². The van der Waals surface area contributed by atoms with Crippen molar-refractivity contribution in [2.75, 3.05) is 0 Å². The lowest BCUT2D eigenvalue weighted by molar-refractivity contribution is 1.14. The second-order valence-corrected chi connectivity index (χ2v) is 2.62. The number of pyridine rings is 1. The highest BCUT2D eigenvalue weighted by atomic mass is 35.5. The van der Waals surface area contributed by atoms with Crippen LogP contribution in [0.1, 0.15) is 5.56 Å². The van der Waals surface area contributed by atoms with Crippen molar-refractivity contribution in [1.82, 2.24) is 9.38 Å². The summed E-state index contributed by atoms with van der Waals surface area (Å²) in [6, 6.07) is 3.97. The monoisotopic (exact) mass is 166 g/mol. The fraction of sp³-hybridized carbons (Fsp3) is 0.125. The molecule has 0 spiro atoms. The predicted molar refractivity (Wildman–Crippen MR) is 44.7 cm³/mol. The molecule has 0 aliphatic heterocycles. The Balaban J connectivity index is 2.79. The van der Waals surface area contributed by atoms with E-state index in [2.05, 4.69) is 4.98 Å². The average molecular weight is 167 g/mol. The van der Waals surface area contributed by atoms with Crippen LogP contribution in [-0.2, 0) is 5.88 Å². The van der Waals surface area contributed by atoms with Gasteiger partial charge in [-0.25, -0.2) is 4.98 Å². The second-order valence-electron chi connectivity index (χ2n) is 2.35. The zero-order valence-corrected chi connectivity index (χ0v) is 6.62. The van der Waals surface area contributed by atoms with E-state index in [0.29, 0.717) is 5.88 Å². The van der Waals surface area contributed by atoms with Crippen LogP contribution in [0, 0.1) is 0 Å². The summed E-state index contributed by atoms with van der Waals surface area (Å²) in [5.74, 6) is 0.538. The third kappa shape index (κ3) is 0.994. The van der Waals surface area contributed by atoms with Gasteiger partial charge >= 0.3 is 0 Å². The summed E-state index contributed by atoms with van der Waals surface area (Å²) in [6.45, 7) is 0. The van der Waals surface area contributed by atoms with Gasteiger partial charge < -0.3 is 4.40 Å². The number of rotatable bonds is 1. The summed E-state index contributed by atoms with van der Waals surface area (Å²) in [7, 11) is 0. The maximum atomic E-state index is 5.72. The first-order chi connectivity index (χ1) is 5.42. The summed E-state index contributed by atoms with van der Waals surface area (Å²) >= 11 is 5.72. The third-order valence-electron chi connectivity index (χ3n) is 1.68. The number of aromatic nitrogens is 2. The second kappa shape index (κ2) is 2.55. The van der Waals surface area contributed by atoms with Crippen molar-refractivity contribution in [2.45, 2.75) is 5.88 Å². The van der Waals surface area contributed by atoms with Crippen LogP contribution in [0.25, 0.3) is 5.52 Å². The third-order valence-corrected chi connectivity index (χ3v) is 1.97. The molecule has 2 nitrogen and oxygen atoms in total. The van der Waals surface area contributed by atoms with Gasteiger partial charge in [-0.2, -0.15) is 0 Å². The van der Waals surface area contributed by atoms with E-state index < -0.39 is 0 Å². The van der Waals surface area contributed by atoms with Crippen LogP contribution in [0.2, 0.25) is 0 Å². The Morgan fingerprint density at radius 1 is 1.55 bits per heavy atom. The molecule has 0 N–H and O–H groups in total. The van der Waals surface area contributed by atoms with E-state index in [1.54, 1.807) is 6.33 Å². The highest BCUT2D eigenvalue weighted by molar-refractivity contribution is 6.17. The minimum Gasteiger partial charge on any atom is -0.306 e. The van der Waals surface area contributed by atoms with E-state index >= 15 is 0 Å². The Hall–Kier alpha value is -1.02. The SMILES string of the molecule is ClCc1cccn2cncc12. The molecular weight excluding hydrogens is 160 g/mol. The lowest BCUT2D eigenvalue weighted by atomic mass is 10.3. The van der Waals surface area contributed by atoms with E-state index in [1.165, 1.54) is 0 Å². The smallest absolute Gasteiger partial charge is 0.0992 e. The van der Waals surface area contributed by atoms with E-state index in [9.17, 15) is 0 Å². The minimum atomic E-state index is 0.538. The average Bonchev–Trinajstić information content (AvgIpc) is 2.50. The van der Waals surface area contributed by atoms with Crippen molar-refractivity contribution in [1.29, 1.82) is 0 Å². The fourth-order valence-electron chi connectivity index (χ4n) is 1.12. The molecule has 3 heteroatoms. The van der Waals surface area contributed by atoms with E-state index in [4.69, 9.17) is 11.6 Å². The van der Waals surface area contributed by atoms with E-state index in [0.717, 1.165) is 11.1 Å². The van der Waals surface area contributed by atoms with Crippen LogP contribution < -0.4 is 0 Å². The largest absolute Gasteiger partial charge is 0.306 e. The van der Waals surface area contributed by atoms with Crippen LogP contribution in [0.3, 0.4) is 0 Å². The molecule has 0 aliphatic carbocycles. The molecule has 0 atom stereocenters. The highest BCUT2D eigenvalue weighted by Crippen LogP contribution is 2.11. The molecule has 0 radical (unpaired) electrons. The first-order valence-electron chi connectivity index (χ1n) is 3.37. The molecule has 2 aromatic heterocycles. The molecule has 0 saturated heterocycles. The molecule has 0 saturated carbocycles. The maximum Gasteiger partial charge on any atom is 0.0992 e. The van der Waals surface area contributed by atoms with Gasteiger partial charge in [0.25, 0.3) is 0 Å². The highest BCUT2D eigenvalue weighted by Gasteiger charge is 1.97. The Kier molecular flexibility index (Phi) is 1.55. The summed E-state index contributed by atoms with van der Waals surface area (Å²) in [4.78, 5) is 4.01. The van der Waals surface area contributed by atoms with Gasteiger partial charge in [-0.15, -0.1) is 11.6 Å². The van der Waals surface area contributed by atoms with Crippen molar-refractivity contribution in [2.24, 2.45) is 0 Å². The fourth-order valence-corrected chi connectivity index (χ4v) is 1.35. The van der Waals surface area contributed by atoms with Gasteiger partial charge in [0.2, 0.25) is 0 Å². The number of hydrogen-bond acceptors (Lipinski definition) is 1. The molecular formula is C8H7ClN2. The molecule has 0 bridgehead atoms. The molecule has 0 aromatic carbocycles. The van der Waals surface area contributed by atoms with Crippen molar-refractivity contribution in [3.05, 3.63) is 36.4 Å². The van der Waals surface area contributed by atoms with Crippen LogP contribution in [0.5, 0.6) is 0 Å². The van der Waals surface area contributed by atoms with Gasteiger partial charge in [0.05, 0.1) is 18.0 Å². The molecule has 0 fully saturated rings. The Bertz CT molecular complexity index is 367. The number of halogens is 1. The number of hydrogen-bond donors (Lipinski definition) is 0. The van der Waals surface area contributed by atoms with Crippen molar-refractivity contribution in [3.63, 3.8) is 0 Å². The molecule has 2 heterocycles. The van der Waals surface area contributed by atoms with Gasteiger partial charge in [-0.3, -0.25) is 0 Å². The molecule has 0 aliphatic rings. The summed E-state index contributed by atoms with van der Waals surface area (Å²) in [5.41, 5.74) is 2.20. The zero-order valence-electron chi connectivity index (χ0n) is 5.87. The first kappa shape index (κ1) is 6.68. The lowest BCUT2D eigenvalue weighted by Gasteiger charge is -1.97. The van der Waals surface area contributed by atoms with Crippen molar-refractivity contribution in [3.8, 4) is 0 Å². The zero-order chi connectivity index (χ0) is 7.68. The van der Waals surface area contributed by atoms with E-state index in [-0.39, 0.29) is 0 Å². The van der Waals surface area contributed by atoms with Gasteiger partial charge in [0, 0.05) is 12.1 Å². The first-order valence-corrected chi connectivity index (χ1v) is 3.91. The number of nitrogens with zero attached hydrogens (tertiary/aromatic N) is 2.